The van der Waals surface area contributed by atoms with Crippen molar-refractivity contribution >= 4 is 5.91 Å². The Balaban J connectivity index is 2.46. The summed E-state index contributed by atoms with van der Waals surface area (Å²) in [4.78, 5) is 26.4. The summed E-state index contributed by atoms with van der Waals surface area (Å²) >= 11 is 0. The Kier molecular flexibility index (Phi) is 3.82. The van der Waals surface area contributed by atoms with Gasteiger partial charge in [0.05, 0.1) is 0 Å². The van der Waals surface area contributed by atoms with Gasteiger partial charge in [-0.2, -0.15) is 0 Å². The molecule has 0 aliphatic rings. The van der Waals surface area contributed by atoms with Gasteiger partial charge in [-0.25, -0.2) is 9.78 Å². The molecule has 0 saturated heterocycles. The molecule has 0 unspecified atom stereocenters. The zero-order valence-electron chi connectivity index (χ0n) is 9.86. The van der Waals surface area contributed by atoms with Crippen molar-refractivity contribution in [1.82, 2.24) is 14.9 Å². The van der Waals surface area contributed by atoms with E-state index in [1.807, 2.05) is 20.8 Å². The highest BCUT2D eigenvalue weighted by Crippen LogP contribution is 2.11. The number of rotatable bonds is 3. The first-order chi connectivity index (χ1) is 7.41. The molecule has 1 rings (SSSR count). The van der Waals surface area contributed by atoms with Crippen LogP contribution in [-0.2, 0) is 11.3 Å². The molecule has 0 saturated carbocycles. The maximum Gasteiger partial charge on any atom is 0.347 e. The van der Waals surface area contributed by atoms with Crippen LogP contribution in [0.15, 0.2) is 23.3 Å². The highest BCUT2D eigenvalue weighted by Gasteiger charge is 2.20. The number of carbonyl (C=O) groups excluding carboxylic acids is 1. The van der Waals surface area contributed by atoms with Crippen LogP contribution in [0.4, 0.5) is 0 Å². The number of aromatic nitrogens is 2. The Morgan fingerprint density at radius 2 is 2.19 bits per heavy atom. The topological polar surface area (TPSA) is 64.0 Å². The van der Waals surface area contributed by atoms with Gasteiger partial charge in [0.1, 0.15) is 0 Å². The van der Waals surface area contributed by atoms with Crippen LogP contribution >= 0.6 is 0 Å². The van der Waals surface area contributed by atoms with Gasteiger partial charge in [0.15, 0.2) is 0 Å². The van der Waals surface area contributed by atoms with E-state index >= 15 is 0 Å². The van der Waals surface area contributed by atoms with Crippen molar-refractivity contribution in [3.8, 4) is 0 Å². The smallest absolute Gasteiger partial charge is 0.347 e. The lowest BCUT2D eigenvalue weighted by Crippen LogP contribution is -2.37. The van der Waals surface area contributed by atoms with Crippen LogP contribution in [0.2, 0.25) is 0 Å². The number of hydrogen-bond acceptors (Lipinski definition) is 3. The second-order valence-corrected chi connectivity index (χ2v) is 4.60. The molecule has 5 nitrogen and oxygen atoms in total. The number of nitrogens with zero attached hydrogens (tertiary/aromatic N) is 2. The lowest BCUT2D eigenvalue weighted by molar-refractivity contribution is -0.128. The van der Waals surface area contributed by atoms with Crippen molar-refractivity contribution in [3.63, 3.8) is 0 Å². The van der Waals surface area contributed by atoms with E-state index in [9.17, 15) is 9.59 Å². The number of nitrogens with one attached hydrogen (secondary N) is 1. The Morgan fingerprint density at radius 1 is 1.50 bits per heavy atom. The molecule has 5 heteroatoms. The third kappa shape index (κ3) is 3.49. The van der Waals surface area contributed by atoms with Gasteiger partial charge in [0.2, 0.25) is 5.91 Å². The molecule has 0 aliphatic heterocycles. The van der Waals surface area contributed by atoms with Crippen LogP contribution in [0.5, 0.6) is 0 Å². The summed E-state index contributed by atoms with van der Waals surface area (Å²) in [7, 11) is 0. The molecule has 1 N–H and O–H groups in total. The first kappa shape index (κ1) is 12.4. The van der Waals surface area contributed by atoms with Crippen molar-refractivity contribution in [2.45, 2.75) is 27.3 Å². The molecule has 0 atom stereocenters. The maximum absolute atomic E-state index is 11.5. The second-order valence-electron chi connectivity index (χ2n) is 4.60. The van der Waals surface area contributed by atoms with Crippen LogP contribution in [0.1, 0.15) is 20.8 Å². The third-order valence-electron chi connectivity index (χ3n) is 2.10. The van der Waals surface area contributed by atoms with Gasteiger partial charge in [0, 0.05) is 30.9 Å². The molecule has 0 spiro atoms. The molecule has 88 valence electrons. The SMILES string of the molecule is CC(C)(C)C(=O)NCCn1cccnc1=O. The highest BCUT2D eigenvalue weighted by atomic mass is 16.2. The van der Waals surface area contributed by atoms with E-state index < -0.39 is 5.41 Å². The fourth-order valence-corrected chi connectivity index (χ4v) is 1.11. The minimum atomic E-state index is -0.403. The van der Waals surface area contributed by atoms with Crippen LogP contribution in [0.25, 0.3) is 0 Å². The van der Waals surface area contributed by atoms with E-state index in [4.69, 9.17) is 0 Å². The van der Waals surface area contributed by atoms with Gasteiger partial charge in [-0.1, -0.05) is 20.8 Å². The van der Waals surface area contributed by atoms with Crippen LogP contribution in [0.3, 0.4) is 0 Å². The number of amides is 1. The number of carbonyl (C=O) groups is 1. The Bertz CT molecular complexity index is 418. The second kappa shape index (κ2) is 4.92. The van der Waals surface area contributed by atoms with Crippen molar-refractivity contribution in [2.24, 2.45) is 5.41 Å². The molecule has 1 amide bonds. The molecule has 1 aromatic heterocycles. The predicted molar refractivity (Wildman–Crippen MR) is 61.0 cm³/mol. The Hall–Kier alpha value is -1.65. The van der Waals surface area contributed by atoms with Crippen LogP contribution in [0, 0.1) is 5.41 Å². The normalized spacial score (nSPS) is 11.2. The van der Waals surface area contributed by atoms with Gasteiger partial charge in [0.25, 0.3) is 0 Å². The van der Waals surface area contributed by atoms with Gasteiger partial charge in [-0.15, -0.1) is 0 Å². The molecule has 0 aromatic carbocycles. The van der Waals surface area contributed by atoms with Gasteiger partial charge in [-0.05, 0) is 6.07 Å². The molecule has 1 aromatic rings. The third-order valence-corrected chi connectivity index (χ3v) is 2.10. The Labute approximate surface area is 94.5 Å². The molecule has 0 fully saturated rings. The lowest BCUT2D eigenvalue weighted by Gasteiger charge is -2.17. The standard InChI is InChI=1S/C11H17N3O2/c1-11(2,3)9(15)12-6-8-14-7-4-5-13-10(14)16/h4-5,7H,6,8H2,1-3H3,(H,12,15). The lowest BCUT2D eigenvalue weighted by atomic mass is 9.96. The molecule has 0 bridgehead atoms. The van der Waals surface area contributed by atoms with E-state index in [0.717, 1.165) is 0 Å². The average molecular weight is 223 g/mol. The summed E-state index contributed by atoms with van der Waals surface area (Å²) in [6.07, 6.45) is 3.10. The summed E-state index contributed by atoms with van der Waals surface area (Å²) in [6, 6.07) is 1.69. The molecule has 16 heavy (non-hydrogen) atoms. The van der Waals surface area contributed by atoms with Crippen molar-refractivity contribution in [2.75, 3.05) is 6.54 Å². The van der Waals surface area contributed by atoms with Crippen molar-refractivity contribution < 1.29 is 4.79 Å². The van der Waals surface area contributed by atoms with Crippen molar-refractivity contribution in [1.29, 1.82) is 0 Å². The van der Waals surface area contributed by atoms with Crippen LogP contribution in [-0.4, -0.2) is 22.0 Å². The fourth-order valence-electron chi connectivity index (χ4n) is 1.11. The average Bonchev–Trinajstić information content (AvgIpc) is 2.19. The first-order valence-corrected chi connectivity index (χ1v) is 5.21. The monoisotopic (exact) mass is 223 g/mol. The minimum Gasteiger partial charge on any atom is -0.354 e. The van der Waals surface area contributed by atoms with Gasteiger partial charge >= 0.3 is 5.69 Å². The first-order valence-electron chi connectivity index (χ1n) is 5.21. The van der Waals surface area contributed by atoms with Crippen molar-refractivity contribution in [3.05, 3.63) is 28.9 Å². The molecule has 0 radical (unpaired) electrons. The zero-order chi connectivity index (χ0) is 12.2. The minimum absolute atomic E-state index is 0.0237. The summed E-state index contributed by atoms with van der Waals surface area (Å²) < 4.78 is 1.46. The van der Waals surface area contributed by atoms with E-state index in [-0.39, 0.29) is 11.6 Å². The predicted octanol–water partition coefficient (Wildman–Crippen LogP) is 0.406. The summed E-state index contributed by atoms with van der Waals surface area (Å²) in [5.74, 6) is -0.0237. The van der Waals surface area contributed by atoms with Gasteiger partial charge < -0.3 is 5.32 Å². The number of hydrogen-bond donors (Lipinski definition) is 1. The van der Waals surface area contributed by atoms with Crippen LogP contribution < -0.4 is 11.0 Å². The molecular weight excluding hydrogens is 206 g/mol. The molecule has 1 heterocycles. The zero-order valence-corrected chi connectivity index (χ0v) is 9.86. The highest BCUT2D eigenvalue weighted by molar-refractivity contribution is 5.81. The fraction of sp³-hybridized carbons (Fsp3) is 0.545. The Morgan fingerprint density at radius 3 is 2.75 bits per heavy atom. The van der Waals surface area contributed by atoms with E-state index in [2.05, 4.69) is 10.3 Å². The largest absolute Gasteiger partial charge is 0.354 e. The molecule has 0 aliphatic carbocycles. The van der Waals surface area contributed by atoms with E-state index in [1.54, 1.807) is 12.3 Å². The summed E-state index contributed by atoms with van der Waals surface area (Å²) in [6.45, 7) is 6.41. The van der Waals surface area contributed by atoms with E-state index in [1.165, 1.54) is 10.8 Å². The maximum atomic E-state index is 11.5. The quantitative estimate of drug-likeness (QED) is 0.807. The summed E-state index contributed by atoms with van der Waals surface area (Å²) in [5.41, 5.74) is -0.701. The van der Waals surface area contributed by atoms with E-state index in [0.29, 0.717) is 13.1 Å². The summed E-state index contributed by atoms with van der Waals surface area (Å²) in [5, 5.41) is 2.77. The van der Waals surface area contributed by atoms with Gasteiger partial charge in [-0.3, -0.25) is 9.36 Å². The molecular formula is C11H17N3O2.